The van der Waals surface area contributed by atoms with E-state index in [0.717, 1.165) is 21.5 Å². The summed E-state index contributed by atoms with van der Waals surface area (Å²) in [6.45, 7) is 5.54. The van der Waals surface area contributed by atoms with Gasteiger partial charge in [0.2, 0.25) is 29.5 Å². The molecule has 2 aliphatic heterocycles. The molecular weight excluding hydrogens is 782 g/mol. The fourth-order valence-electron chi connectivity index (χ4n) is 7.14. The summed E-state index contributed by atoms with van der Waals surface area (Å²) in [5.74, 6) is -2.10. The molecule has 306 valence electrons. The number of hydrogen-bond acceptors (Lipinski definition) is 9. The van der Waals surface area contributed by atoms with E-state index < -0.39 is 48.2 Å². The summed E-state index contributed by atoms with van der Waals surface area (Å²) < 4.78 is 19.8. The van der Waals surface area contributed by atoms with Crippen LogP contribution in [0.3, 0.4) is 0 Å². The molecule has 0 aliphatic carbocycles. The second-order valence-corrected chi connectivity index (χ2v) is 15.8. The number of likely N-dealkylation sites (tertiary alicyclic amines) is 1. The summed E-state index contributed by atoms with van der Waals surface area (Å²) in [6, 6.07) is 20.5. The van der Waals surface area contributed by atoms with Gasteiger partial charge in [-0.25, -0.2) is 4.39 Å². The summed E-state index contributed by atoms with van der Waals surface area (Å²) in [5.41, 5.74) is 0.911. The molecule has 2 aliphatic rings. The number of benzene rings is 3. The minimum atomic E-state index is -1.06. The summed E-state index contributed by atoms with van der Waals surface area (Å²) in [7, 11) is 0. The highest BCUT2D eigenvalue weighted by Gasteiger charge is 2.41. The highest BCUT2D eigenvalue weighted by atomic mass is 32.1. The first kappa shape index (κ1) is 41.9. The molecule has 5 N–H and O–H groups in total. The van der Waals surface area contributed by atoms with E-state index in [4.69, 9.17) is 12.2 Å². The van der Waals surface area contributed by atoms with Crippen molar-refractivity contribution in [3.05, 3.63) is 90.2 Å². The van der Waals surface area contributed by atoms with Gasteiger partial charge in [-0.1, -0.05) is 68.4 Å². The number of thiocarbonyl (C=S) groups is 1. The van der Waals surface area contributed by atoms with Crippen molar-refractivity contribution < 1.29 is 28.4 Å². The monoisotopic (exact) mass is 829 g/mol. The van der Waals surface area contributed by atoms with Gasteiger partial charge in [0.15, 0.2) is 5.11 Å². The summed E-state index contributed by atoms with van der Waals surface area (Å²) in [6.07, 6.45) is 1.33. The van der Waals surface area contributed by atoms with Crippen LogP contribution in [0.5, 0.6) is 0 Å². The first-order valence-corrected chi connectivity index (χ1v) is 20.5. The minimum absolute atomic E-state index is 0.0131. The van der Waals surface area contributed by atoms with Gasteiger partial charge < -0.3 is 41.3 Å². The fraction of sp³-hybridized carbons (Fsp3) is 0.390. The molecule has 14 nitrogen and oxygen atoms in total. The summed E-state index contributed by atoms with van der Waals surface area (Å²) in [4.78, 5) is 73.1. The Morgan fingerprint density at radius 2 is 1.52 bits per heavy atom. The molecule has 0 radical (unpaired) electrons. The van der Waals surface area contributed by atoms with Crippen LogP contribution in [0.15, 0.2) is 78.9 Å². The Morgan fingerprint density at radius 1 is 0.845 bits per heavy atom. The standard InChI is InChI=1S/C41H48FN9O5S2/c1-26(2)36(40(56)51-18-10-16-32(51)39(55)50-21-19-49(20-22-50)37-28-13-6-9-17-33(28)58-48-37)47-35(53)24-43-38(54)31(23-27-11-4-3-5-12-27)45-34(52)25-44-41(57)46-30-15-8-7-14-29(30)42/h3-9,11-15,17,26,31-32,36H,10,16,18-25H2,1-2H3,(H,43,54)(H,45,52)(H,47,53)(H2,44,46,57)/t31-,32-,36-/m0/s1. The molecule has 0 spiro atoms. The Hall–Kier alpha value is -5.68. The van der Waals surface area contributed by atoms with Crippen LogP contribution >= 0.6 is 23.8 Å². The SMILES string of the molecule is CC(C)[C@H](NC(=O)CNC(=O)[C@H](Cc1ccccc1)NC(=O)CNC(=S)Nc1ccccc1F)C(=O)N1CCC[C@H]1C(=O)N1CCN(c2nsc3ccccc23)CC1. The Kier molecular flexibility index (Phi) is 14.2. The Bertz CT molecular complexity index is 2110. The lowest BCUT2D eigenvalue weighted by Gasteiger charge is -2.38. The van der Waals surface area contributed by atoms with Gasteiger partial charge >= 0.3 is 0 Å². The molecule has 5 amide bonds. The molecule has 0 unspecified atom stereocenters. The van der Waals surface area contributed by atoms with Crippen molar-refractivity contribution >= 4 is 80.0 Å². The number of aromatic nitrogens is 1. The van der Waals surface area contributed by atoms with Crippen molar-refractivity contribution in [2.45, 2.75) is 51.2 Å². The molecule has 2 fully saturated rings. The van der Waals surface area contributed by atoms with Gasteiger partial charge in [-0.05, 0) is 72.3 Å². The zero-order valence-corrected chi connectivity index (χ0v) is 34.0. The number of piperazine rings is 1. The third kappa shape index (κ3) is 10.6. The molecule has 0 saturated carbocycles. The van der Waals surface area contributed by atoms with E-state index >= 15 is 0 Å². The molecule has 3 atom stereocenters. The number of amides is 5. The van der Waals surface area contributed by atoms with Crippen LogP contribution in [0.25, 0.3) is 10.1 Å². The van der Waals surface area contributed by atoms with E-state index in [1.807, 2.05) is 55.1 Å². The quantitative estimate of drug-likeness (QED) is 0.119. The maximum Gasteiger partial charge on any atom is 0.246 e. The average Bonchev–Trinajstić information content (AvgIpc) is 3.90. The van der Waals surface area contributed by atoms with Crippen LogP contribution in [0.2, 0.25) is 0 Å². The number of para-hydroxylation sites is 1. The molecule has 6 rings (SSSR count). The Balaban J connectivity index is 1.01. The molecule has 3 aromatic carbocycles. The van der Waals surface area contributed by atoms with Crippen LogP contribution in [0.1, 0.15) is 32.3 Å². The molecular formula is C41H48FN9O5S2. The first-order valence-electron chi connectivity index (χ1n) is 19.4. The van der Waals surface area contributed by atoms with Gasteiger partial charge in [0.25, 0.3) is 0 Å². The van der Waals surface area contributed by atoms with E-state index in [9.17, 15) is 28.4 Å². The number of nitrogens with one attached hydrogen (secondary N) is 5. The zero-order valence-electron chi connectivity index (χ0n) is 32.4. The van der Waals surface area contributed by atoms with Crippen molar-refractivity contribution in [2.75, 3.05) is 56.0 Å². The smallest absolute Gasteiger partial charge is 0.246 e. The fourth-order valence-corrected chi connectivity index (χ4v) is 8.12. The van der Waals surface area contributed by atoms with Gasteiger partial charge in [0.1, 0.15) is 29.8 Å². The first-order chi connectivity index (χ1) is 28.0. The van der Waals surface area contributed by atoms with E-state index in [1.54, 1.807) is 23.1 Å². The van der Waals surface area contributed by atoms with Gasteiger partial charge in [-0.15, -0.1) is 0 Å². The second-order valence-electron chi connectivity index (χ2n) is 14.6. The molecule has 2 saturated heterocycles. The third-order valence-electron chi connectivity index (χ3n) is 10.2. The maximum atomic E-state index is 14.0. The Morgan fingerprint density at radius 3 is 2.26 bits per heavy atom. The van der Waals surface area contributed by atoms with E-state index in [1.165, 1.54) is 29.7 Å². The summed E-state index contributed by atoms with van der Waals surface area (Å²) in [5, 5.41) is 14.6. The van der Waals surface area contributed by atoms with Gasteiger partial charge in [-0.3, -0.25) is 24.0 Å². The van der Waals surface area contributed by atoms with Crippen LogP contribution in [-0.2, 0) is 30.4 Å². The topological polar surface area (TPSA) is 168 Å². The van der Waals surface area contributed by atoms with Crippen molar-refractivity contribution in [1.82, 2.24) is 35.4 Å². The number of halogens is 1. The number of fused-ring (bicyclic) bond motifs is 1. The van der Waals surface area contributed by atoms with Crippen LogP contribution in [-0.4, -0.2) is 113 Å². The number of nitrogens with zero attached hydrogens (tertiary/aromatic N) is 4. The summed E-state index contributed by atoms with van der Waals surface area (Å²) >= 11 is 6.66. The largest absolute Gasteiger partial charge is 0.353 e. The number of carbonyl (C=O) groups excluding carboxylic acids is 5. The molecule has 58 heavy (non-hydrogen) atoms. The van der Waals surface area contributed by atoms with Gasteiger partial charge in [0.05, 0.1) is 23.5 Å². The van der Waals surface area contributed by atoms with Crippen molar-refractivity contribution in [3.8, 4) is 0 Å². The van der Waals surface area contributed by atoms with Crippen molar-refractivity contribution in [3.63, 3.8) is 0 Å². The molecule has 17 heteroatoms. The lowest BCUT2D eigenvalue weighted by atomic mass is 10.0. The third-order valence-corrected chi connectivity index (χ3v) is 11.3. The number of hydrogen-bond donors (Lipinski definition) is 5. The second kappa shape index (κ2) is 19.7. The van der Waals surface area contributed by atoms with Crippen LogP contribution < -0.4 is 31.5 Å². The molecule has 3 heterocycles. The van der Waals surface area contributed by atoms with Crippen LogP contribution in [0, 0.1) is 11.7 Å². The molecule has 4 aromatic rings. The van der Waals surface area contributed by atoms with E-state index in [0.29, 0.717) is 45.6 Å². The van der Waals surface area contributed by atoms with Crippen molar-refractivity contribution in [2.24, 2.45) is 5.92 Å². The van der Waals surface area contributed by atoms with E-state index in [-0.39, 0.29) is 41.5 Å². The lowest BCUT2D eigenvalue weighted by Crippen LogP contribution is -2.58. The highest BCUT2D eigenvalue weighted by molar-refractivity contribution is 7.80. The molecule has 1 aromatic heterocycles. The lowest BCUT2D eigenvalue weighted by molar-refractivity contribution is -0.146. The van der Waals surface area contributed by atoms with Crippen LogP contribution in [0.4, 0.5) is 15.9 Å². The average molecular weight is 830 g/mol. The van der Waals surface area contributed by atoms with Gasteiger partial charge in [0, 0.05) is 44.5 Å². The zero-order chi connectivity index (χ0) is 41.2. The predicted octanol–water partition coefficient (Wildman–Crippen LogP) is 3.05. The number of carbonyl (C=O) groups is 5. The van der Waals surface area contributed by atoms with Gasteiger partial charge in [-0.2, -0.15) is 4.37 Å². The molecule has 0 bridgehead atoms. The minimum Gasteiger partial charge on any atom is -0.353 e. The normalized spacial score (nSPS) is 16.4. The number of rotatable bonds is 14. The van der Waals surface area contributed by atoms with Crippen molar-refractivity contribution in [1.29, 1.82) is 0 Å². The predicted molar refractivity (Wildman–Crippen MR) is 226 cm³/mol. The highest BCUT2D eigenvalue weighted by Crippen LogP contribution is 2.30. The van der Waals surface area contributed by atoms with E-state index in [2.05, 4.69) is 41.9 Å². The maximum absolute atomic E-state index is 14.0. The number of anilines is 2. The Labute approximate surface area is 346 Å².